The van der Waals surface area contributed by atoms with E-state index in [9.17, 15) is 4.79 Å². The lowest BCUT2D eigenvalue weighted by Gasteiger charge is -2.13. The van der Waals surface area contributed by atoms with E-state index in [1.807, 2.05) is 54.6 Å². The molecule has 0 saturated heterocycles. The van der Waals surface area contributed by atoms with Crippen molar-refractivity contribution in [3.63, 3.8) is 0 Å². The minimum Gasteiger partial charge on any atom is -0.493 e. The van der Waals surface area contributed by atoms with Crippen molar-refractivity contribution >= 4 is 11.9 Å². The maximum Gasteiger partial charge on any atom is 0.204 e. The number of carbonyl (C=O) groups excluding carboxylic acids is 1. The number of hydrogen-bond donors (Lipinski definition) is 0. The van der Waals surface area contributed by atoms with Crippen LogP contribution < -0.4 is 0 Å². The maximum atomic E-state index is 12.3. The van der Waals surface area contributed by atoms with Crippen LogP contribution in [0.3, 0.4) is 0 Å². The molecule has 1 aromatic carbocycles. The molecule has 1 aromatic rings. The van der Waals surface area contributed by atoms with Crippen LogP contribution >= 0.6 is 0 Å². The Bertz CT molecular complexity index is 495. The third kappa shape index (κ3) is 2.98. The Morgan fingerprint density at radius 2 is 2.06 bits per heavy atom. The average molecular weight is 240 g/mol. The highest BCUT2D eigenvalue weighted by molar-refractivity contribution is 6.00. The molecule has 1 unspecified atom stereocenters. The van der Waals surface area contributed by atoms with Crippen molar-refractivity contribution in [1.29, 1.82) is 0 Å². The van der Waals surface area contributed by atoms with Crippen molar-refractivity contribution in [3.8, 4) is 0 Å². The van der Waals surface area contributed by atoms with E-state index in [0.29, 0.717) is 5.76 Å². The third-order valence-electron chi connectivity index (χ3n) is 2.88. The number of ether oxygens (including phenoxy) is 1. The normalized spacial score (nSPS) is 18.7. The maximum absolute atomic E-state index is 12.3. The predicted molar refractivity (Wildman–Crippen MR) is 72.8 cm³/mol. The Hall–Kier alpha value is -2.09. The number of benzene rings is 1. The Balaban J connectivity index is 2.18. The highest BCUT2D eigenvalue weighted by Crippen LogP contribution is 2.19. The molecule has 0 heterocycles. The summed E-state index contributed by atoms with van der Waals surface area (Å²) in [6.07, 6.45) is 10.3. The molecule has 2 nitrogen and oxygen atoms in total. The predicted octanol–water partition coefficient (Wildman–Crippen LogP) is 3.38. The van der Waals surface area contributed by atoms with Crippen molar-refractivity contribution in [2.24, 2.45) is 5.92 Å². The second-order valence-corrected chi connectivity index (χ2v) is 4.14. The molecule has 0 aromatic heterocycles. The number of carbonyl (C=O) groups is 1. The molecule has 0 N–H and O–H groups in total. The number of rotatable bonds is 4. The van der Waals surface area contributed by atoms with Gasteiger partial charge in [-0.05, 0) is 18.1 Å². The molecule has 1 aliphatic rings. The van der Waals surface area contributed by atoms with E-state index in [1.54, 1.807) is 6.08 Å². The van der Waals surface area contributed by atoms with Crippen LogP contribution in [0, 0.1) is 5.92 Å². The van der Waals surface area contributed by atoms with Gasteiger partial charge in [-0.1, -0.05) is 54.6 Å². The summed E-state index contributed by atoms with van der Waals surface area (Å²) in [5.41, 5.74) is 0.970. The van der Waals surface area contributed by atoms with Crippen LogP contribution in [0.5, 0.6) is 0 Å². The third-order valence-corrected chi connectivity index (χ3v) is 2.88. The summed E-state index contributed by atoms with van der Waals surface area (Å²) < 4.78 is 5.22. The zero-order valence-electron chi connectivity index (χ0n) is 10.4. The lowest BCUT2D eigenvalue weighted by Crippen LogP contribution is -2.16. The topological polar surface area (TPSA) is 26.3 Å². The van der Waals surface area contributed by atoms with E-state index in [1.165, 1.54) is 7.11 Å². The summed E-state index contributed by atoms with van der Waals surface area (Å²) in [5.74, 6) is 0.331. The van der Waals surface area contributed by atoms with Crippen LogP contribution in [-0.2, 0) is 9.53 Å². The van der Waals surface area contributed by atoms with Gasteiger partial charge in [0.1, 0.15) is 0 Å². The van der Waals surface area contributed by atoms with Crippen LogP contribution in [0.15, 0.2) is 60.4 Å². The molecule has 0 spiro atoms. The monoisotopic (exact) mass is 240 g/mol. The van der Waals surface area contributed by atoms with Gasteiger partial charge in [-0.25, -0.2) is 0 Å². The van der Waals surface area contributed by atoms with Gasteiger partial charge in [-0.3, -0.25) is 4.79 Å². The van der Waals surface area contributed by atoms with Crippen LogP contribution in [0.4, 0.5) is 0 Å². The van der Waals surface area contributed by atoms with Crippen LogP contribution in [0.2, 0.25) is 0 Å². The summed E-state index contributed by atoms with van der Waals surface area (Å²) in [6.45, 7) is 0. The molecule has 0 bridgehead atoms. The first-order valence-corrected chi connectivity index (χ1v) is 5.99. The molecular formula is C16H16O2. The van der Waals surface area contributed by atoms with Crippen molar-refractivity contribution in [1.82, 2.24) is 0 Å². The molecule has 0 amide bonds. The van der Waals surface area contributed by atoms with Crippen LogP contribution in [0.25, 0.3) is 6.08 Å². The minimum atomic E-state index is -0.107. The van der Waals surface area contributed by atoms with Gasteiger partial charge in [0.25, 0.3) is 0 Å². The molecule has 18 heavy (non-hydrogen) atoms. The van der Waals surface area contributed by atoms with E-state index in [2.05, 4.69) is 0 Å². The molecule has 92 valence electrons. The first kappa shape index (κ1) is 12.4. The molecule has 1 aliphatic carbocycles. The quantitative estimate of drug-likeness (QED) is 0.595. The zero-order valence-corrected chi connectivity index (χ0v) is 10.4. The van der Waals surface area contributed by atoms with E-state index in [4.69, 9.17) is 4.74 Å². The summed E-state index contributed by atoms with van der Waals surface area (Å²) in [4.78, 5) is 12.3. The molecule has 0 fully saturated rings. The number of allylic oxidation sites excluding steroid dienone is 5. The average Bonchev–Trinajstić information content (AvgIpc) is 2.46. The van der Waals surface area contributed by atoms with E-state index >= 15 is 0 Å². The molecule has 0 radical (unpaired) electrons. The van der Waals surface area contributed by atoms with Crippen molar-refractivity contribution < 1.29 is 9.53 Å². The first-order chi connectivity index (χ1) is 8.81. The Morgan fingerprint density at radius 3 is 2.67 bits per heavy atom. The van der Waals surface area contributed by atoms with Crippen molar-refractivity contribution in [3.05, 3.63) is 66.0 Å². The van der Waals surface area contributed by atoms with Gasteiger partial charge in [0.05, 0.1) is 7.11 Å². The van der Waals surface area contributed by atoms with E-state index in [0.717, 1.165) is 12.0 Å². The molecule has 2 heteroatoms. The number of Topliss-reactive ketones (excluding diaryl/α,β-unsaturated/α-hetero) is 1. The molecule has 2 rings (SSSR count). The lowest BCUT2D eigenvalue weighted by atomic mass is 9.94. The second kappa shape index (κ2) is 6.01. The zero-order chi connectivity index (χ0) is 12.8. The highest BCUT2D eigenvalue weighted by Gasteiger charge is 2.20. The van der Waals surface area contributed by atoms with Crippen molar-refractivity contribution in [2.45, 2.75) is 6.42 Å². The van der Waals surface area contributed by atoms with Gasteiger partial charge in [0.2, 0.25) is 5.78 Å². The molecule has 0 saturated carbocycles. The van der Waals surface area contributed by atoms with Gasteiger partial charge < -0.3 is 4.74 Å². The fourth-order valence-electron chi connectivity index (χ4n) is 1.89. The van der Waals surface area contributed by atoms with E-state index in [-0.39, 0.29) is 11.7 Å². The number of hydrogen-bond acceptors (Lipinski definition) is 2. The fraction of sp³-hybridized carbons (Fsp3) is 0.188. The Kier molecular flexibility index (Phi) is 4.13. The second-order valence-electron chi connectivity index (χ2n) is 4.14. The summed E-state index contributed by atoms with van der Waals surface area (Å²) in [5, 5.41) is 0. The smallest absolute Gasteiger partial charge is 0.204 e. The van der Waals surface area contributed by atoms with Crippen LogP contribution in [0.1, 0.15) is 12.0 Å². The Labute approximate surface area is 107 Å². The highest BCUT2D eigenvalue weighted by atomic mass is 16.5. The van der Waals surface area contributed by atoms with Gasteiger partial charge in [0, 0.05) is 5.92 Å². The summed E-state index contributed by atoms with van der Waals surface area (Å²) >= 11 is 0. The van der Waals surface area contributed by atoms with Gasteiger partial charge >= 0.3 is 0 Å². The largest absolute Gasteiger partial charge is 0.493 e. The fourth-order valence-corrected chi connectivity index (χ4v) is 1.89. The van der Waals surface area contributed by atoms with Gasteiger partial charge in [-0.2, -0.15) is 0 Å². The lowest BCUT2D eigenvalue weighted by molar-refractivity contribution is -0.120. The summed E-state index contributed by atoms with van der Waals surface area (Å²) in [6, 6.07) is 9.71. The SMILES string of the molecule is COC(=Cc1ccccc1)C(=O)C1C=CC=CC1. The number of ketones is 1. The molecule has 0 aliphatic heterocycles. The Morgan fingerprint density at radius 1 is 1.28 bits per heavy atom. The molecular weight excluding hydrogens is 224 g/mol. The van der Waals surface area contributed by atoms with E-state index < -0.39 is 0 Å². The van der Waals surface area contributed by atoms with Crippen molar-refractivity contribution in [2.75, 3.05) is 7.11 Å². The van der Waals surface area contributed by atoms with Gasteiger partial charge in [0.15, 0.2) is 5.76 Å². The standard InChI is InChI=1S/C16H16O2/c1-18-15(12-13-8-4-2-5-9-13)16(17)14-10-6-3-7-11-14/h2-10,12,14H,11H2,1H3. The molecule has 1 atom stereocenters. The number of methoxy groups -OCH3 is 1. The van der Waals surface area contributed by atoms with Crippen LogP contribution in [-0.4, -0.2) is 12.9 Å². The first-order valence-electron chi connectivity index (χ1n) is 5.99. The summed E-state index contributed by atoms with van der Waals surface area (Å²) in [7, 11) is 1.54. The van der Waals surface area contributed by atoms with Gasteiger partial charge in [-0.15, -0.1) is 0 Å². The minimum absolute atomic E-state index is 0.0296.